The number of ether oxygens (including phenoxy) is 2. The van der Waals surface area contributed by atoms with Crippen molar-refractivity contribution >= 4 is 33.4 Å². The molecule has 0 spiro atoms. The van der Waals surface area contributed by atoms with E-state index in [1.165, 1.54) is 7.11 Å². The highest BCUT2D eigenvalue weighted by Crippen LogP contribution is 2.26. The maximum atomic E-state index is 12.7. The molecule has 1 aliphatic rings. The summed E-state index contributed by atoms with van der Waals surface area (Å²) >= 11 is 9.35. The van der Waals surface area contributed by atoms with Gasteiger partial charge in [0, 0.05) is 34.7 Å². The van der Waals surface area contributed by atoms with E-state index in [2.05, 4.69) is 20.9 Å². The summed E-state index contributed by atoms with van der Waals surface area (Å²) in [5.74, 6) is 0.963. The van der Waals surface area contributed by atoms with Gasteiger partial charge in [-0.15, -0.1) is 0 Å². The van der Waals surface area contributed by atoms with E-state index in [0.29, 0.717) is 35.3 Å². The standard InChI is InChI=1S/C17H16BrClN2O3/c1-23-15-4-3-12(19)8-14(15)17(22)21-7-6-13(10-21)24-16-5-2-11(18)9-20-16/h2-5,8-9,13H,6-7,10H2,1H3. The molecule has 1 aliphatic heterocycles. The number of benzene rings is 1. The SMILES string of the molecule is COc1ccc(Cl)cc1C(=O)N1CCC(Oc2ccc(Br)cn2)C1. The van der Waals surface area contributed by atoms with Crippen molar-refractivity contribution in [2.75, 3.05) is 20.2 Å². The highest BCUT2D eigenvalue weighted by atomic mass is 79.9. The van der Waals surface area contributed by atoms with Gasteiger partial charge in [-0.05, 0) is 40.2 Å². The number of methoxy groups -OCH3 is 1. The molecule has 0 radical (unpaired) electrons. The molecule has 1 atom stereocenters. The molecule has 1 aromatic heterocycles. The third kappa shape index (κ3) is 3.82. The van der Waals surface area contributed by atoms with Crippen LogP contribution in [0.5, 0.6) is 11.6 Å². The number of hydrogen-bond acceptors (Lipinski definition) is 4. The monoisotopic (exact) mass is 410 g/mol. The first-order chi connectivity index (χ1) is 11.6. The van der Waals surface area contributed by atoms with E-state index >= 15 is 0 Å². The van der Waals surface area contributed by atoms with E-state index in [1.54, 1.807) is 35.4 Å². The van der Waals surface area contributed by atoms with Gasteiger partial charge < -0.3 is 14.4 Å². The maximum Gasteiger partial charge on any atom is 0.257 e. The van der Waals surface area contributed by atoms with Gasteiger partial charge in [0.1, 0.15) is 11.9 Å². The Kier molecular flexibility index (Phi) is 5.26. The van der Waals surface area contributed by atoms with Crippen LogP contribution >= 0.6 is 27.5 Å². The minimum atomic E-state index is -0.107. The second-order valence-electron chi connectivity index (χ2n) is 5.44. The normalized spacial score (nSPS) is 17.0. The zero-order valence-electron chi connectivity index (χ0n) is 13.0. The summed E-state index contributed by atoms with van der Waals surface area (Å²) in [6, 6.07) is 8.70. The summed E-state index contributed by atoms with van der Waals surface area (Å²) in [6.45, 7) is 1.13. The number of aromatic nitrogens is 1. The molecule has 1 fully saturated rings. The molecule has 126 valence electrons. The lowest BCUT2D eigenvalue weighted by Crippen LogP contribution is -2.31. The molecule has 1 unspecified atom stereocenters. The van der Waals surface area contributed by atoms with Gasteiger partial charge in [-0.2, -0.15) is 0 Å². The van der Waals surface area contributed by atoms with E-state index in [4.69, 9.17) is 21.1 Å². The molecule has 1 amide bonds. The Morgan fingerprint density at radius 3 is 2.92 bits per heavy atom. The molecule has 0 bridgehead atoms. The first-order valence-corrected chi connectivity index (χ1v) is 8.65. The van der Waals surface area contributed by atoms with Crippen molar-refractivity contribution in [1.29, 1.82) is 0 Å². The average molecular weight is 412 g/mol. The topological polar surface area (TPSA) is 51.7 Å². The van der Waals surface area contributed by atoms with Crippen LogP contribution < -0.4 is 9.47 Å². The van der Waals surface area contributed by atoms with Crippen LogP contribution in [0.1, 0.15) is 16.8 Å². The number of rotatable bonds is 4. The van der Waals surface area contributed by atoms with E-state index in [1.807, 2.05) is 6.07 Å². The summed E-state index contributed by atoms with van der Waals surface area (Å²) in [5.41, 5.74) is 0.465. The molecular weight excluding hydrogens is 396 g/mol. The van der Waals surface area contributed by atoms with Crippen LogP contribution in [-0.4, -0.2) is 42.1 Å². The smallest absolute Gasteiger partial charge is 0.257 e. The van der Waals surface area contributed by atoms with E-state index in [9.17, 15) is 4.79 Å². The van der Waals surface area contributed by atoms with Gasteiger partial charge in [0.25, 0.3) is 5.91 Å². The number of carbonyl (C=O) groups is 1. The summed E-state index contributed by atoms with van der Waals surface area (Å²) < 4.78 is 12.0. The molecule has 3 rings (SSSR count). The Hall–Kier alpha value is -1.79. The molecule has 1 saturated heterocycles. The van der Waals surface area contributed by atoms with Gasteiger partial charge in [-0.3, -0.25) is 4.79 Å². The largest absolute Gasteiger partial charge is 0.496 e. The van der Waals surface area contributed by atoms with Crippen LogP contribution in [0.15, 0.2) is 41.0 Å². The Balaban J connectivity index is 1.68. The van der Waals surface area contributed by atoms with Crippen molar-refractivity contribution in [2.24, 2.45) is 0 Å². The average Bonchev–Trinajstić information content (AvgIpc) is 3.05. The minimum Gasteiger partial charge on any atom is -0.496 e. The van der Waals surface area contributed by atoms with Crippen molar-refractivity contribution < 1.29 is 14.3 Å². The lowest BCUT2D eigenvalue weighted by molar-refractivity contribution is 0.0768. The van der Waals surface area contributed by atoms with Crippen LogP contribution in [0.25, 0.3) is 0 Å². The predicted octanol–water partition coefficient (Wildman–Crippen LogP) is 3.80. The lowest BCUT2D eigenvalue weighted by Gasteiger charge is -2.18. The molecule has 7 heteroatoms. The van der Waals surface area contributed by atoms with E-state index in [-0.39, 0.29) is 12.0 Å². The van der Waals surface area contributed by atoms with Crippen LogP contribution in [0.4, 0.5) is 0 Å². The summed E-state index contributed by atoms with van der Waals surface area (Å²) in [5, 5.41) is 0.505. The van der Waals surface area contributed by atoms with E-state index in [0.717, 1.165) is 10.9 Å². The van der Waals surface area contributed by atoms with Crippen molar-refractivity contribution in [3.05, 3.63) is 51.6 Å². The zero-order chi connectivity index (χ0) is 17.1. The fourth-order valence-corrected chi connectivity index (χ4v) is 3.04. The fraction of sp³-hybridized carbons (Fsp3) is 0.294. The van der Waals surface area contributed by atoms with Gasteiger partial charge in [0.05, 0.1) is 19.2 Å². The van der Waals surface area contributed by atoms with Gasteiger partial charge in [-0.1, -0.05) is 11.6 Å². The van der Waals surface area contributed by atoms with Gasteiger partial charge in [0.15, 0.2) is 0 Å². The lowest BCUT2D eigenvalue weighted by atomic mass is 10.1. The number of nitrogens with zero attached hydrogens (tertiary/aromatic N) is 2. The van der Waals surface area contributed by atoms with Crippen LogP contribution in [0.3, 0.4) is 0 Å². The maximum absolute atomic E-state index is 12.7. The molecular formula is C17H16BrClN2O3. The molecule has 0 saturated carbocycles. The summed E-state index contributed by atoms with van der Waals surface area (Å²) in [4.78, 5) is 18.7. The Morgan fingerprint density at radius 1 is 1.38 bits per heavy atom. The summed E-state index contributed by atoms with van der Waals surface area (Å²) in [6.07, 6.45) is 2.36. The number of hydrogen-bond donors (Lipinski definition) is 0. The molecule has 0 aliphatic carbocycles. The van der Waals surface area contributed by atoms with Gasteiger partial charge >= 0.3 is 0 Å². The number of halogens is 2. The van der Waals surface area contributed by atoms with Crippen LogP contribution in [-0.2, 0) is 0 Å². The van der Waals surface area contributed by atoms with Crippen LogP contribution in [0.2, 0.25) is 5.02 Å². The molecule has 5 nitrogen and oxygen atoms in total. The number of likely N-dealkylation sites (tertiary alicyclic amines) is 1. The highest BCUT2D eigenvalue weighted by molar-refractivity contribution is 9.10. The van der Waals surface area contributed by atoms with E-state index < -0.39 is 0 Å². The third-order valence-corrected chi connectivity index (χ3v) is 4.52. The van der Waals surface area contributed by atoms with Crippen molar-refractivity contribution in [3.8, 4) is 11.6 Å². The summed E-state index contributed by atoms with van der Waals surface area (Å²) in [7, 11) is 1.54. The molecule has 0 N–H and O–H groups in total. The number of carbonyl (C=O) groups excluding carboxylic acids is 1. The molecule has 2 heterocycles. The Labute approximate surface area is 153 Å². The molecule has 24 heavy (non-hydrogen) atoms. The highest BCUT2D eigenvalue weighted by Gasteiger charge is 2.30. The quantitative estimate of drug-likeness (QED) is 0.768. The minimum absolute atomic E-state index is 0.0761. The van der Waals surface area contributed by atoms with Gasteiger partial charge in [0.2, 0.25) is 5.88 Å². The predicted molar refractivity (Wildman–Crippen MR) is 94.9 cm³/mol. The number of pyridine rings is 1. The molecule has 1 aromatic carbocycles. The first kappa shape index (κ1) is 17.0. The van der Waals surface area contributed by atoms with Gasteiger partial charge in [-0.25, -0.2) is 4.98 Å². The molecule has 2 aromatic rings. The second kappa shape index (κ2) is 7.40. The zero-order valence-corrected chi connectivity index (χ0v) is 15.4. The Bertz CT molecular complexity index is 739. The van der Waals surface area contributed by atoms with Crippen molar-refractivity contribution in [1.82, 2.24) is 9.88 Å². The number of amides is 1. The third-order valence-electron chi connectivity index (χ3n) is 3.81. The Morgan fingerprint density at radius 2 is 2.21 bits per heavy atom. The van der Waals surface area contributed by atoms with Crippen molar-refractivity contribution in [3.63, 3.8) is 0 Å². The van der Waals surface area contributed by atoms with Crippen molar-refractivity contribution in [2.45, 2.75) is 12.5 Å². The second-order valence-corrected chi connectivity index (χ2v) is 6.79. The van der Waals surface area contributed by atoms with Crippen LogP contribution in [0, 0.1) is 0 Å². The first-order valence-electron chi connectivity index (χ1n) is 7.48. The fourth-order valence-electron chi connectivity index (χ4n) is 2.63.